The number of hydrogen-bond donors (Lipinski definition) is 2. The summed E-state index contributed by atoms with van der Waals surface area (Å²) in [4.78, 5) is 12.0. The Balaban J connectivity index is 2.06. The topological polar surface area (TPSA) is 67.0 Å². The minimum Gasteiger partial charge on any atom is -0.494 e. The molecule has 1 aromatic carbocycles. The van der Waals surface area contributed by atoms with Crippen LogP contribution < -0.4 is 10.1 Å². The molecule has 0 aliphatic heterocycles. The second kappa shape index (κ2) is 6.04. The van der Waals surface area contributed by atoms with Gasteiger partial charge in [-0.05, 0) is 31.5 Å². The summed E-state index contributed by atoms with van der Waals surface area (Å²) in [6, 6.07) is 8.88. The molecule has 0 unspecified atom stereocenters. The van der Waals surface area contributed by atoms with Crippen LogP contribution in [0.2, 0.25) is 0 Å². The molecule has 1 amide bonds. The van der Waals surface area contributed by atoms with Gasteiger partial charge in [0.15, 0.2) is 5.82 Å². The average molecular weight is 259 g/mol. The van der Waals surface area contributed by atoms with Crippen molar-refractivity contribution >= 4 is 11.7 Å². The van der Waals surface area contributed by atoms with E-state index in [1.165, 1.54) is 0 Å². The van der Waals surface area contributed by atoms with Crippen LogP contribution in [0.3, 0.4) is 0 Å². The highest BCUT2D eigenvalue weighted by atomic mass is 16.5. The van der Waals surface area contributed by atoms with Gasteiger partial charge in [0.25, 0.3) is 5.91 Å². The van der Waals surface area contributed by atoms with Crippen molar-refractivity contribution in [1.29, 1.82) is 0 Å². The molecule has 5 heteroatoms. The molecule has 0 spiro atoms. The zero-order valence-electron chi connectivity index (χ0n) is 11.1. The van der Waals surface area contributed by atoms with Gasteiger partial charge in [0.1, 0.15) is 5.75 Å². The van der Waals surface area contributed by atoms with E-state index in [-0.39, 0.29) is 5.91 Å². The van der Waals surface area contributed by atoms with Crippen LogP contribution in [-0.2, 0) is 0 Å². The number of ether oxygens (including phenoxy) is 1. The first-order valence-corrected chi connectivity index (χ1v) is 6.25. The minimum absolute atomic E-state index is 0.201. The molecule has 2 N–H and O–H groups in total. The molecule has 0 fully saturated rings. The number of H-pyrrole nitrogens is 1. The Morgan fingerprint density at radius 1 is 1.42 bits per heavy atom. The summed E-state index contributed by atoms with van der Waals surface area (Å²) in [5, 5.41) is 9.47. The Kier molecular flexibility index (Phi) is 4.18. The lowest BCUT2D eigenvalue weighted by Crippen LogP contribution is -2.12. The third kappa shape index (κ3) is 3.58. The van der Waals surface area contributed by atoms with Crippen LogP contribution in [0.5, 0.6) is 5.75 Å². The van der Waals surface area contributed by atoms with Gasteiger partial charge in [0, 0.05) is 17.3 Å². The summed E-state index contributed by atoms with van der Waals surface area (Å²) in [6.07, 6.45) is 0.934. The number of nitrogens with zero attached hydrogens (tertiary/aromatic N) is 1. The number of benzene rings is 1. The molecule has 0 saturated carbocycles. The van der Waals surface area contributed by atoms with Gasteiger partial charge in [-0.2, -0.15) is 5.10 Å². The Labute approximate surface area is 112 Å². The van der Waals surface area contributed by atoms with Gasteiger partial charge in [0.05, 0.1) is 6.61 Å². The van der Waals surface area contributed by atoms with E-state index in [1.807, 2.05) is 19.9 Å². The highest BCUT2D eigenvalue weighted by Gasteiger charge is 2.08. The molecular weight excluding hydrogens is 242 g/mol. The summed E-state index contributed by atoms with van der Waals surface area (Å²) < 4.78 is 5.50. The Bertz CT molecular complexity index is 563. The highest BCUT2D eigenvalue weighted by Crippen LogP contribution is 2.15. The van der Waals surface area contributed by atoms with Gasteiger partial charge in [-0.1, -0.05) is 13.0 Å². The van der Waals surface area contributed by atoms with Crippen molar-refractivity contribution in [2.45, 2.75) is 20.3 Å². The quantitative estimate of drug-likeness (QED) is 0.867. The number of aryl methyl sites for hydroxylation is 1. The fraction of sp³-hybridized carbons (Fsp3) is 0.286. The van der Waals surface area contributed by atoms with Crippen molar-refractivity contribution in [3.05, 3.63) is 41.6 Å². The molecule has 100 valence electrons. The number of anilines is 1. The lowest BCUT2D eigenvalue weighted by molar-refractivity contribution is 0.102. The van der Waals surface area contributed by atoms with Crippen molar-refractivity contribution in [2.75, 3.05) is 11.9 Å². The molecule has 0 aliphatic carbocycles. The predicted octanol–water partition coefficient (Wildman–Crippen LogP) is 2.76. The number of carbonyl (C=O) groups excluding carboxylic acids is 1. The largest absolute Gasteiger partial charge is 0.494 e. The molecule has 0 bridgehead atoms. The molecule has 1 aromatic heterocycles. The Hall–Kier alpha value is -2.30. The van der Waals surface area contributed by atoms with Gasteiger partial charge in [-0.25, -0.2) is 0 Å². The fourth-order valence-electron chi connectivity index (χ4n) is 1.62. The summed E-state index contributed by atoms with van der Waals surface area (Å²) in [5.74, 6) is 1.02. The molecule has 0 atom stereocenters. The van der Waals surface area contributed by atoms with Crippen LogP contribution in [0.1, 0.15) is 29.4 Å². The van der Waals surface area contributed by atoms with Gasteiger partial charge in [-0.3, -0.25) is 9.89 Å². The lowest BCUT2D eigenvalue weighted by atomic mass is 10.2. The molecule has 19 heavy (non-hydrogen) atoms. The number of nitrogens with one attached hydrogen (secondary N) is 2. The molecule has 2 rings (SSSR count). The van der Waals surface area contributed by atoms with E-state index in [0.29, 0.717) is 23.7 Å². The van der Waals surface area contributed by atoms with Gasteiger partial charge in [-0.15, -0.1) is 0 Å². The third-order valence-corrected chi connectivity index (χ3v) is 2.52. The van der Waals surface area contributed by atoms with Crippen LogP contribution in [0.15, 0.2) is 30.3 Å². The molecule has 1 heterocycles. The Morgan fingerprint density at radius 2 is 2.26 bits per heavy atom. The summed E-state index contributed by atoms with van der Waals surface area (Å²) in [5.41, 5.74) is 1.45. The second-order valence-corrected chi connectivity index (χ2v) is 4.27. The maximum Gasteiger partial charge on any atom is 0.256 e. The number of aromatic nitrogens is 2. The normalized spacial score (nSPS) is 10.2. The number of aromatic amines is 1. The summed E-state index contributed by atoms with van der Waals surface area (Å²) in [7, 11) is 0. The SMILES string of the molecule is CCCOc1cccc(C(=O)Nc2cc(C)[nH]n2)c1. The van der Waals surface area contributed by atoms with Crippen LogP contribution in [-0.4, -0.2) is 22.7 Å². The molecule has 0 radical (unpaired) electrons. The number of hydrogen-bond acceptors (Lipinski definition) is 3. The predicted molar refractivity (Wildman–Crippen MR) is 73.5 cm³/mol. The zero-order chi connectivity index (χ0) is 13.7. The second-order valence-electron chi connectivity index (χ2n) is 4.27. The maximum absolute atomic E-state index is 12.0. The summed E-state index contributed by atoms with van der Waals surface area (Å²) >= 11 is 0. The fourth-order valence-corrected chi connectivity index (χ4v) is 1.62. The van der Waals surface area contributed by atoms with Crippen LogP contribution in [0.4, 0.5) is 5.82 Å². The average Bonchev–Trinajstić information content (AvgIpc) is 2.82. The van der Waals surface area contributed by atoms with E-state index < -0.39 is 0 Å². The third-order valence-electron chi connectivity index (χ3n) is 2.52. The molecule has 0 aliphatic rings. The van der Waals surface area contributed by atoms with E-state index in [2.05, 4.69) is 15.5 Å². The summed E-state index contributed by atoms with van der Waals surface area (Å²) in [6.45, 7) is 4.56. The standard InChI is InChI=1S/C14H17N3O2/c1-3-7-19-12-6-4-5-11(9-12)14(18)15-13-8-10(2)16-17-13/h4-6,8-9H,3,7H2,1-2H3,(H2,15,16,17,18). The molecule has 5 nitrogen and oxygen atoms in total. The monoisotopic (exact) mass is 259 g/mol. The van der Waals surface area contributed by atoms with Crippen LogP contribution >= 0.6 is 0 Å². The maximum atomic E-state index is 12.0. The van der Waals surface area contributed by atoms with Crippen molar-refractivity contribution in [3.63, 3.8) is 0 Å². The van der Waals surface area contributed by atoms with Crippen molar-refractivity contribution < 1.29 is 9.53 Å². The smallest absolute Gasteiger partial charge is 0.256 e. The first kappa shape index (κ1) is 13.1. The first-order chi connectivity index (χ1) is 9.19. The van der Waals surface area contributed by atoms with Crippen molar-refractivity contribution in [1.82, 2.24) is 10.2 Å². The Morgan fingerprint density at radius 3 is 2.95 bits per heavy atom. The minimum atomic E-state index is -0.201. The lowest BCUT2D eigenvalue weighted by Gasteiger charge is -2.06. The molecule has 2 aromatic rings. The molecule has 0 saturated heterocycles. The highest BCUT2D eigenvalue weighted by molar-refractivity contribution is 6.04. The van der Waals surface area contributed by atoms with E-state index in [1.54, 1.807) is 24.3 Å². The first-order valence-electron chi connectivity index (χ1n) is 6.25. The number of rotatable bonds is 5. The van der Waals surface area contributed by atoms with E-state index in [9.17, 15) is 4.79 Å². The van der Waals surface area contributed by atoms with E-state index in [0.717, 1.165) is 12.1 Å². The van der Waals surface area contributed by atoms with Gasteiger partial charge < -0.3 is 10.1 Å². The van der Waals surface area contributed by atoms with E-state index in [4.69, 9.17) is 4.74 Å². The van der Waals surface area contributed by atoms with Crippen molar-refractivity contribution in [2.24, 2.45) is 0 Å². The zero-order valence-corrected chi connectivity index (χ0v) is 11.1. The number of amides is 1. The molecular formula is C14H17N3O2. The van der Waals surface area contributed by atoms with Crippen LogP contribution in [0.25, 0.3) is 0 Å². The van der Waals surface area contributed by atoms with E-state index >= 15 is 0 Å². The van der Waals surface area contributed by atoms with Crippen molar-refractivity contribution in [3.8, 4) is 5.75 Å². The van der Waals surface area contributed by atoms with Gasteiger partial charge >= 0.3 is 0 Å². The number of carbonyl (C=O) groups is 1. The van der Waals surface area contributed by atoms with Crippen LogP contribution in [0, 0.1) is 6.92 Å². The van der Waals surface area contributed by atoms with Gasteiger partial charge in [0.2, 0.25) is 0 Å².